The molecule has 5 rings (SSSR count). The highest BCUT2D eigenvalue weighted by atomic mass is 16.8. The molecule has 0 aromatic carbocycles. The number of carboxylic acids is 1. The standard InChI is InChI=1S/C36H54O8/c1-21(2)44-30(41)43-20-42-28(38)22-10-12-34(7)26(31(22,3)4)11-13-36(9)27(34)25(37)18-23-24-19-33(6,29(39)40)15-14-32(24,5)16-17-35(23,36)8/h18,21-22,24,26-27H,10-17,19-20H2,1-9H3,(H,39,40)/t22-,24+,26+,27-,32-,33+,34+,35-,36-/m1/s1. The molecule has 246 valence electrons. The van der Waals surface area contributed by atoms with E-state index in [1.54, 1.807) is 13.8 Å². The third-order valence-electron chi connectivity index (χ3n) is 14.1. The lowest BCUT2D eigenvalue weighted by Gasteiger charge is -2.70. The number of carbonyl (C=O) groups excluding carboxylic acids is 3. The topological polar surface area (TPSA) is 116 Å². The summed E-state index contributed by atoms with van der Waals surface area (Å²) in [5.41, 5.74) is -0.723. The van der Waals surface area contributed by atoms with Crippen molar-refractivity contribution in [1.82, 2.24) is 0 Å². The van der Waals surface area contributed by atoms with E-state index in [2.05, 4.69) is 41.5 Å². The van der Waals surface area contributed by atoms with Crippen LogP contribution < -0.4 is 0 Å². The van der Waals surface area contributed by atoms with Crippen LogP contribution in [0.15, 0.2) is 11.6 Å². The summed E-state index contributed by atoms with van der Waals surface area (Å²) >= 11 is 0. The number of rotatable bonds is 5. The Morgan fingerprint density at radius 3 is 2.20 bits per heavy atom. The van der Waals surface area contributed by atoms with Gasteiger partial charge in [-0.15, -0.1) is 0 Å². The van der Waals surface area contributed by atoms with Gasteiger partial charge in [-0.2, -0.15) is 0 Å². The first-order chi connectivity index (χ1) is 20.2. The minimum absolute atomic E-state index is 0.0144. The van der Waals surface area contributed by atoms with Crippen LogP contribution in [0.25, 0.3) is 0 Å². The maximum absolute atomic E-state index is 14.5. The molecule has 0 bridgehead atoms. The third-order valence-corrected chi connectivity index (χ3v) is 14.1. The minimum Gasteiger partial charge on any atom is -0.481 e. The fourth-order valence-electron chi connectivity index (χ4n) is 11.3. The monoisotopic (exact) mass is 614 g/mol. The van der Waals surface area contributed by atoms with Gasteiger partial charge in [0.15, 0.2) is 5.78 Å². The van der Waals surface area contributed by atoms with Gasteiger partial charge in [0, 0.05) is 5.92 Å². The lowest BCUT2D eigenvalue weighted by molar-refractivity contribution is -0.202. The summed E-state index contributed by atoms with van der Waals surface area (Å²) in [5, 5.41) is 10.2. The number of aliphatic carboxylic acids is 1. The Morgan fingerprint density at radius 1 is 0.909 bits per heavy atom. The van der Waals surface area contributed by atoms with Crippen molar-refractivity contribution >= 4 is 23.9 Å². The molecule has 8 heteroatoms. The second-order valence-corrected chi connectivity index (χ2v) is 17.1. The van der Waals surface area contributed by atoms with Crippen LogP contribution in [0.3, 0.4) is 0 Å². The summed E-state index contributed by atoms with van der Waals surface area (Å²) in [4.78, 5) is 52.0. The molecule has 5 aliphatic rings. The van der Waals surface area contributed by atoms with Crippen LogP contribution >= 0.6 is 0 Å². The Bertz CT molecular complexity index is 1270. The smallest absolute Gasteiger partial charge is 0.481 e. The molecule has 4 saturated carbocycles. The number of hydrogen-bond acceptors (Lipinski definition) is 7. The van der Waals surface area contributed by atoms with Crippen molar-refractivity contribution in [3.63, 3.8) is 0 Å². The highest BCUT2D eigenvalue weighted by Gasteiger charge is 2.70. The number of carbonyl (C=O) groups is 4. The number of fused-ring (bicyclic) bond motifs is 7. The first-order valence-corrected chi connectivity index (χ1v) is 16.7. The van der Waals surface area contributed by atoms with E-state index in [-0.39, 0.29) is 63.2 Å². The molecule has 0 radical (unpaired) electrons. The van der Waals surface area contributed by atoms with E-state index in [9.17, 15) is 24.3 Å². The van der Waals surface area contributed by atoms with Crippen molar-refractivity contribution in [2.24, 2.45) is 56.2 Å². The second kappa shape index (κ2) is 10.6. The second-order valence-electron chi connectivity index (χ2n) is 17.1. The molecule has 9 atom stereocenters. The Kier molecular flexibility index (Phi) is 7.94. The molecule has 0 aliphatic heterocycles. The quantitative estimate of drug-likeness (QED) is 0.247. The van der Waals surface area contributed by atoms with Crippen LogP contribution in [0.5, 0.6) is 0 Å². The average molecular weight is 615 g/mol. The van der Waals surface area contributed by atoms with Gasteiger partial charge in [0.05, 0.1) is 17.4 Å². The van der Waals surface area contributed by atoms with Gasteiger partial charge in [0.1, 0.15) is 0 Å². The van der Waals surface area contributed by atoms with Crippen molar-refractivity contribution < 1.29 is 38.5 Å². The van der Waals surface area contributed by atoms with Gasteiger partial charge in [0.25, 0.3) is 0 Å². The molecule has 0 aromatic rings. The number of ketones is 1. The van der Waals surface area contributed by atoms with Gasteiger partial charge in [-0.1, -0.05) is 47.1 Å². The molecule has 0 spiro atoms. The molecule has 1 N–H and O–H groups in total. The zero-order valence-electron chi connectivity index (χ0n) is 28.3. The molecule has 0 aromatic heterocycles. The average Bonchev–Trinajstić information content (AvgIpc) is 2.89. The summed E-state index contributed by atoms with van der Waals surface area (Å²) < 4.78 is 15.3. The number of hydrogen-bond donors (Lipinski definition) is 1. The lowest BCUT2D eigenvalue weighted by Crippen LogP contribution is -2.66. The van der Waals surface area contributed by atoms with Gasteiger partial charge in [-0.3, -0.25) is 14.4 Å². The molecule has 8 nitrogen and oxygen atoms in total. The summed E-state index contributed by atoms with van der Waals surface area (Å²) in [6, 6.07) is 0. The molecule has 0 saturated heterocycles. The molecule has 0 amide bonds. The Hall–Kier alpha value is -2.38. The van der Waals surface area contributed by atoms with Gasteiger partial charge in [-0.05, 0) is 124 Å². The molecular weight excluding hydrogens is 560 g/mol. The van der Waals surface area contributed by atoms with Crippen molar-refractivity contribution in [2.75, 3.05) is 6.79 Å². The summed E-state index contributed by atoms with van der Waals surface area (Å²) in [7, 11) is 0. The number of carboxylic acid groups (broad SMARTS) is 1. The fourth-order valence-corrected chi connectivity index (χ4v) is 11.3. The van der Waals surface area contributed by atoms with Crippen LogP contribution in [-0.4, -0.2) is 41.9 Å². The van der Waals surface area contributed by atoms with E-state index in [4.69, 9.17) is 14.2 Å². The predicted octanol–water partition coefficient (Wildman–Crippen LogP) is 7.73. The Morgan fingerprint density at radius 2 is 1.57 bits per heavy atom. The molecule has 0 unspecified atom stereocenters. The SMILES string of the molecule is CC(C)OC(=O)OCOC(=O)[C@H]1CC[C@]2(C)[C@H]3C(=O)C=C4[C@@H]5C[C@@](C)(C(=O)O)CC[C@]5(C)CC[C@@]4(C)[C@]3(C)CC[C@H]2C1(C)C. The van der Waals surface area contributed by atoms with E-state index in [1.807, 2.05) is 13.0 Å². The lowest BCUT2D eigenvalue weighted by atomic mass is 9.33. The van der Waals surface area contributed by atoms with Gasteiger partial charge in [0.2, 0.25) is 6.79 Å². The van der Waals surface area contributed by atoms with Gasteiger partial charge in [-0.25, -0.2) is 4.79 Å². The van der Waals surface area contributed by atoms with Crippen molar-refractivity contribution in [3.05, 3.63) is 11.6 Å². The molecule has 4 fully saturated rings. The van der Waals surface area contributed by atoms with Crippen LogP contribution in [0.2, 0.25) is 0 Å². The van der Waals surface area contributed by atoms with E-state index in [1.165, 1.54) is 5.57 Å². The van der Waals surface area contributed by atoms with E-state index < -0.39 is 29.7 Å². The van der Waals surface area contributed by atoms with Crippen molar-refractivity contribution in [3.8, 4) is 0 Å². The molecular formula is C36H54O8. The molecule has 5 aliphatic carbocycles. The van der Waals surface area contributed by atoms with E-state index >= 15 is 0 Å². The largest absolute Gasteiger partial charge is 0.511 e. The van der Waals surface area contributed by atoms with E-state index in [0.29, 0.717) is 19.3 Å². The zero-order valence-corrected chi connectivity index (χ0v) is 28.3. The van der Waals surface area contributed by atoms with Crippen molar-refractivity contribution in [2.45, 2.75) is 126 Å². The predicted molar refractivity (Wildman–Crippen MR) is 164 cm³/mol. The maximum Gasteiger partial charge on any atom is 0.511 e. The first-order valence-electron chi connectivity index (χ1n) is 16.7. The molecule has 0 heterocycles. The third kappa shape index (κ3) is 4.74. The highest BCUT2D eigenvalue weighted by molar-refractivity contribution is 5.96. The van der Waals surface area contributed by atoms with E-state index in [0.717, 1.165) is 38.5 Å². The number of esters is 1. The summed E-state index contributed by atoms with van der Waals surface area (Å²) in [5.74, 6) is -1.25. The highest BCUT2D eigenvalue weighted by Crippen LogP contribution is 2.75. The Balaban J connectivity index is 1.42. The van der Waals surface area contributed by atoms with Crippen molar-refractivity contribution in [1.29, 1.82) is 0 Å². The summed E-state index contributed by atoms with van der Waals surface area (Å²) in [6.07, 6.45) is 8.09. The summed E-state index contributed by atoms with van der Waals surface area (Å²) in [6.45, 7) is 18.4. The van der Waals surface area contributed by atoms with Gasteiger partial charge >= 0.3 is 18.1 Å². The van der Waals surface area contributed by atoms with Crippen LogP contribution in [-0.2, 0) is 28.6 Å². The minimum atomic E-state index is -0.865. The fraction of sp³-hybridized carbons (Fsp3) is 0.833. The van der Waals surface area contributed by atoms with Gasteiger partial charge < -0.3 is 19.3 Å². The normalized spacial score (nSPS) is 44.2. The van der Waals surface area contributed by atoms with Crippen LogP contribution in [0, 0.1) is 56.2 Å². The number of allylic oxidation sites excluding steroid dienone is 2. The Labute approximate surface area is 263 Å². The number of ether oxygens (including phenoxy) is 3. The maximum atomic E-state index is 14.5. The van der Waals surface area contributed by atoms with Crippen LogP contribution in [0.4, 0.5) is 4.79 Å². The molecule has 44 heavy (non-hydrogen) atoms. The zero-order chi connectivity index (χ0) is 32.7. The van der Waals surface area contributed by atoms with Crippen LogP contribution in [0.1, 0.15) is 120 Å². The first kappa shape index (κ1) is 33.0.